The Morgan fingerprint density at radius 1 is 0.630 bits per heavy atom. The van der Waals surface area contributed by atoms with Crippen LogP contribution in [0.4, 0.5) is 4.39 Å². The zero-order chi connectivity index (χ0) is 18.6. The second-order valence-corrected chi connectivity index (χ2v) is 6.20. The summed E-state index contributed by atoms with van der Waals surface area (Å²) >= 11 is 0. The largest absolute Gasteiger partial charge is 0.208 e. The quantitative estimate of drug-likeness (QED) is 0.480. The van der Waals surface area contributed by atoms with Gasteiger partial charge in [-0.15, -0.1) is 0 Å². The van der Waals surface area contributed by atoms with Crippen molar-refractivity contribution >= 4 is 0 Å². The van der Waals surface area contributed by atoms with Crippen molar-refractivity contribution in [3.63, 3.8) is 0 Å². The summed E-state index contributed by atoms with van der Waals surface area (Å²) in [5, 5.41) is 0. The molecule has 4 aromatic rings. The van der Waals surface area contributed by atoms with E-state index in [1.54, 1.807) is 6.07 Å². The zero-order valence-electron chi connectivity index (χ0n) is 14.9. The number of rotatable bonds is 4. The number of benzene rings is 3. The molecule has 3 nitrogen and oxygen atoms in total. The van der Waals surface area contributed by atoms with E-state index >= 15 is 0 Å². The Balaban J connectivity index is 1.89. The van der Waals surface area contributed by atoms with Gasteiger partial charge in [0.2, 0.25) is 0 Å². The summed E-state index contributed by atoms with van der Waals surface area (Å²) in [5.74, 6) is 1.36. The first-order valence-corrected chi connectivity index (χ1v) is 8.90. The van der Waals surface area contributed by atoms with Gasteiger partial charge in [0.05, 0.1) is 0 Å². The van der Waals surface area contributed by atoms with Crippen LogP contribution in [0.15, 0.2) is 78.9 Å². The van der Waals surface area contributed by atoms with Gasteiger partial charge in [-0.05, 0) is 18.1 Å². The van der Waals surface area contributed by atoms with E-state index in [1.165, 1.54) is 6.07 Å². The van der Waals surface area contributed by atoms with Crippen molar-refractivity contribution in [1.82, 2.24) is 15.0 Å². The molecular formula is C23H18FN3. The third-order valence-electron chi connectivity index (χ3n) is 4.39. The first-order valence-electron chi connectivity index (χ1n) is 8.90. The lowest BCUT2D eigenvalue weighted by molar-refractivity contribution is 0.612. The molecule has 0 bridgehead atoms. The first-order chi connectivity index (χ1) is 13.2. The van der Waals surface area contributed by atoms with Crippen LogP contribution in [-0.2, 0) is 6.42 Å². The Bertz CT molecular complexity index is 1010. The summed E-state index contributed by atoms with van der Waals surface area (Å²) in [4.78, 5) is 13.9. The van der Waals surface area contributed by atoms with E-state index in [4.69, 9.17) is 0 Å². The highest BCUT2D eigenvalue weighted by Gasteiger charge is 2.13. The predicted molar refractivity (Wildman–Crippen MR) is 105 cm³/mol. The summed E-state index contributed by atoms with van der Waals surface area (Å²) in [5.41, 5.74) is 3.11. The van der Waals surface area contributed by atoms with Gasteiger partial charge in [-0.2, -0.15) is 0 Å². The maximum Gasteiger partial charge on any atom is 0.164 e. The third-order valence-corrected chi connectivity index (χ3v) is 4.39. The Kier molecular flexibility index (Phi) is 4.71. The summed E-state index contributed by atoms with van der Waals surface area (Å²) in [6.07, 6.45) is 0.647. The molecule has 0 aliphatic carbocycles. The van der Waals surface area contributed by atoms with Crippen molar-refractivity contribution in [2.75, 3.05) is 0 Å². The maximum absolute atomic E-state index is 14.3. The second-order valence-electron chi connectivity index (χ2n) is 6.20. The molecule has 0 amide bonds. The molecular weight excluding hydrogens is 337 g/mol. The molecule has 0 saturated heterocycles. The van der Waals surface area contributed by atoms with Crippen LogP contribution in [0.5, 0.6) is 0 Å². The zero-order valence-corrected chi connectivity index (χ0v) is 14.9. The Hall–Kier alpha value is -3.40. The third kappa shape index (κ3) is 3.60. The minimum absolute atomic E-state index is 0.238. The number of aromatic nitrogens is 3. The van der Waals surface area contributed by atoms with E-state index in [-0.39, 0.29) is 5.82 Å². The van der Waals surface area contributed by atoms with E-state index < -0.39 is 0 Å². The molecule has 3 aromatic carbocycles. The van der Waals surface area contributed by atoms with Crippen molar-refractivity contribution in [2.45, 2.75) is 13.3 Å². The SMILES string of the molecule is CCc1ccc(-c2nc(-c3ccccc3)nc(-c3ccccc3)n2)cc1F. The Morgan fingerprint density at radius 3 is 1.56 bits per heavy atom. The molecule has 4 heteroatoms. The summed E-state index contributed by atoms with van der Waals surface area (Å²) in [6, 6.07) is 24.6. The van der Waals surface area contributed by atoms with Crippen LogP contribution in [0, 0.1) is 5.82 Å². The van der Waals surface area contributed by atoms with Gasteiger partial charge in [-0.3, -0.25) is 0 Å². The van der Waals surface area contributed by atoms with Crippen LogP contribution in [-0.4, -0.2) is 15.0 Å². The van der Waals surface area contributed by atoms with E-state index in [0.29, 0.717) is 35.0 Å². The standard InChI is InChI=1S/C23H18FN3/c1-2-16-13-14-19(15-20(16)24)23-26-21(17-9-5-3-6-10-17)25-22(27-23)18-11-7-4-8-12-18/h3-15H,2H2,1H3. The van der Waals surface area contributed by atoms with Gasteiger partial charge in [-0.25, -0.2) is 19.3 Å². The molecule has 0 saturated carbocycles. The van der Waals surface area contributed by atoms with Crippen LogP contribution in [0.25, 0.3) is 34.2 Å². The van der Waals surface area contributed by atoms with Crippen LogP contribution in [0.2, 0.25) is 0 Å². The summed E-state index contributed by atoms with van der Waals surface area (Å²) in [6.45, 7) is 1.93. The first kappa shape index (κ1) is 17.0. The molecule has 0 fully saturated rings. The lowest BCUT2D eigenvalue weighted by atomic mass is 10.1. The van der Waals surface area contributed by atoms with Crippen LogP contribution in [0.3, 0.4) is 0 Å². The fraction of sp³-hybridized carbons (Fsp3) is 0.0870. The molecule has 0 unspecified atom stereocenters. The number of hydrogen-bond donors (Lipinski definition) is 0. The molecule has 132 valence electrons. The highest BCUT2D eigenvalue weighted by Crippen LogP contribution is 2.25. The molecule has 27 heavy (non-hydrogen) atoms. The smallest absolute Gasteiger partial charge is 0.164 e. The number of hydrogen-bond acceptors (Lipinski definition) is 3. The molecule has 1 heterocycles. The highest BCUT2D eigenvalue weighted by molar-refractivity contribution is 5.66. The number of aryl methyl sites for hydroxylation is 1. The van der Waals surface area contributed by atoms with Gasteiger partial charge < -0.3 is 0 Å². The monoisotopic (exact) mass is 355 g/mol. The van der Waals surface area contributed by atoms with Gasteiger partial charge in [-0.1, -0.05) is 79.7 Å². The van der Waals surface area contributed by atoms with Gasteiger partial charge in [0.15, 0.2) is 17.5 Å². The van der Waals surface area contributed by atoms with Crippen molar-refractivity contribution < 1.29 is 4.39 Å². The molecule has 0 radical (unpaired) electrons. The van der Waals surface area contributed by atoms with Crippen LogP contribution >= 0.6 is 0 Å². The average molecular weight is 355 g/mol. The molecule has 1 aromatic heterocycles. The van der Waals surface area contributed by atoms with Gasteiger partial charge >= 0.3 is 0 Å². The fourth-order valence-corrected chi connectivity index (χ4v) is 2.91. The van der Waals surface area contributed by atoms with Crippen LogP contribution < -0.4 is 0 Å². The normalized spacial score (nSPS) is 10.7. The van der Waals surface area contributed by atoms with Crippen molar-refractivity contribution in [2.24, 2.45) is 0 Å². The lowest BCUT2D eigenvalue weighted by Gasteiger charge is -2.09. The Morgan fingerprint density at radius 2 is 1.11 bits per heavy atom. The minimum Gasteiger partial charge on any atom is -0.208 e. The second kappa shape index (κ2) is 7.46. The van der Waals surface area contributed by atoms with E-state index in [0.717, 1.165) is 11.1 Å². The fourth-order valence-electron chi connectivity index (χ4n) is 2.91. The topological polar surface area (TPSA) is 38.7 Å². The summed E-state index contributed by atoms with van der Waals surface area (Å²) in [7, 11) is 0. The average Bonchev–Trinajstić information content (AvgIpc) is 2.74. The molecule has 0 N–H and O–H groups in total. The molecule has 0 aliphatic rings. The van der Waals surface area contributed by atoms with Crippen molar-refractivity contribution in [1.29, 1.82) is 0 Å². The predicted octanol–water partition coefficient (Wildman–Crippen LogP) is 5.57. The van der Waals surface area contributed by atoms with Crippen LogP contribution in [0.1, 0.15) is 12.5 Å². The van der Waals surface area contributed by atoms with Gasteiger partial charge in [0.1, 0.15) is 5.82 Å². The van der Waals surface area contributed by atoms with Crippen molar-refractivity contribution in [3.05, 3.63) is 90.2 Å². The highest BCUT2D eigenvalue weighted by atomic mass is 19.1. The molecule has 0 spiro atoms. The maximum atomic E-state index is 14.3. The van der Waals surface area contributed by atoms with Crippen molar-refractivity contribution in [3.8, 4) is 34.2 Å². The Labute approximate surface area is 157 Å². The van der Waals surface area contributed by atoms with Gasteiger partial charge in [0.25, 0.3) is 0 Å². The molecule has 4 rings (SSSR count). The van der Waals surface area contributed by atoms with E-state index in [1.807, 2.05) is 73.7 Å². The number of halogens is 1. The van der Waals surface area contributed by atoms with E-state index in [2.05, 4.69) is 15.0 Å². The van der Waals surface area contributed by atoms with E-state index in [9.17, 15) is 4.39 Å². The molecule has 0 atom stereocenters. The lowest BCUT2D eigenvalue weighted by Crippen LogP contribution is -2.00. The van der Waals surface area contributed by atoms with Gasteiger partial charge in [0, 0.05) is 16.7 Å². The summed E-state index contributed by atoms with van der Waals surface area (Å²) < 4.78 is 14.3. The molecule has 0 aliphatic heterocycles. The minimum atomic E-state index is -0.238. The number of nitrogens with zero attached hydrogens (tertiary/aromatic N) is 3.